The van der Waals surface area contributed by atoms with E-state index in [0.29, 0.717) is 17.6 Å². The second-order valence-corrected chi connectivity index (χ2v) is 9.69. The number of hydrogen-bond acceptors (Lipinski definition) is 5. The van der Waals surface area contributed by atoms with Crippen molar-refractivity contribution in [3.8, 4) is 5.75 Å². The lowest BCUT2D eigenvalue weighted by Gasteiger charge is -2.39. The molecule has 1 heterocycles. The van der Waals surface area contributed by atoms with Crippen molar-refractivity contribution in [2.24, 2.45) is 5.41 Å². The molecular formula is C25H31NO4. The van der Waals surface area contributed by atoms with E-state index in [1.165, 1.54) is 6.42 Å². The Labute approximate surface area is 178 Å². The van der Waals surface area contributed by atoms with Gasteiger partial charge in [-0.1, -0.05) is 32.4 Å². The summed E-state index contributed by atoms with van der Waals surface area (Å²) >= 11 is 0. The number of phenols is 1. The number of esters is 1. The van der Waals surface area contributed by atoms with Gasteiger partial charge in [-0.3, -0.25) is 4.79 Å². The first-order valence-corrected chi connectivity index (χ1v) is 11.0. The number of Topliss-reactive ketones (excluding diaryl/α,β-unsaturated/α-hetero) is 1. The summed E-state index contributed by atoms with van der Waals surface area (Å²) < 4.78 is 5.91. The molecule has 4 rings (SSSR count). The summed E-state index contributed by atoms with van der Waals surface area (Å²) in [7, 11) is 0. The van der Waals surface area contributed by atoms with Gasteiger partial charge in [0.1, 0.15) is 11.9 Å². The van der Waals surface area contributed by atoms with E-state index in [0.717, 1.165) is 49.1 Å². The molecule has 1 aromatic carbocycles. The summed E-state index contributed by atoms with van der Waals surface area (Å²) in [6.07, 6.45) is 6.30. The van der Waals surface area contributed by atoms with Crippen LogP contribution in [0.4, 0.5) is 0 Å². The Hall–Kier alpha value is -2.56. The molecule has 1 atom stereocenters. The predicted octanol–water partition coefficient (Wildman–Crippen LogP) is 4.87. The van der Waals surface area contributed by atoms with Crippen LogP contribution < -0.4 is 5.32 Å². The van der Waals surface area contributed by atoms with Gasteiger partial charge >= 0.3 is 5.97 Å². The van der Waals surface area contributed by atoms with Crippen molar-refractivity contribution < 1.29 is 19.4 Å². The fourth-order valence-electron chi connectivity index (χ4n) is 5.10. The molecule has 0 amide bonds. The van der Waals surface area contributed by atoms with Crippen LogP contribution in [-0.4, -0.2) is 23.0 Å². The van der Waals surface area contributed by atoms with Gasteiger partial charge in [0.25, 0.3) is 0 Å². The number of hydrogen-bond donors (Lipinski definition) is 2. The Kier molecular flexibility index (Phi) is 5.48. The summed E-state index contributed by atoms with van der Waals surface area (Å²) in [5.41, 5.74) is 3.53. The van der Waals surface area contributed by atoms with Crippen LogP contribution in [0.25, 0.3) is 0 Å². The second-order valence-electron chi connectivity index (χ2n) is 9.69. The fourth-order valence-corrected chi connectivity index (χ4v) is 5.10. The normalized spacial score (nSPS) is 24.4. The molecule has 0 radical (unpaired) electrons. The van der Waals surface area contributed by atoms with E-state index in [1.807, 2.05) is 6.92 Å². The van der Waals surface area contributed by atoms with E-state index in [-0.39, 0.29) is 29.0 Å². The Bertz CT molecular complexity index is 917. The monoisotopic (exact) mass is 409 g/mol. The van der Waals surface area contributed by atoms with Crippen molar-refractivity contribution in [1.82, 2.24) is 5.32 Å². The standard InChI is InChI=1S/C25H31NO4/c1-15-21(24(29)30-18-7-5-4-6-8-18)22(16-9-11-17(27)12-10-16)23-19(26-15)13-25(2,3)14-20(23)28/h9-12,18,22,26-27H,4-8,13-14H2,1-3H3/t22-/m1/s1. The number of phenolic OH excluding ortho intramolecular Hbond substituents is 1. The third-order valence-electron chi connectivity index (χ3n) is 6.51. The average Bonchev–Trinajstić information content (AvgIpc) is 2.67. The minimum absolute atomic E-state index is 0.0524. The summed E-state index contributed by atoms with van der Waals surface area (Å²) in [5.74, 6) is -0.581. The number of rotatable bonds is 3. The molecule has 3 aliphatic rings. The molecular weight excluding hydrogens is 378 g/mol. The summed E-state index contributed by atoms with van der Waals surface area (Å²) in [6.45, 7) is 6.08. The molecule has 30 heavy (non-hydrogen) atoms. The van der Waals surface area contributed by atoms with Crippen LogP contribution in [0.5, 0.6) is 5.75 Å². The van der Waals surface area contributed by atoms with Crippen LogP contribution in [0.2, 0.25) is 0 Å². The third kappa shape index (κ3) is 4.03. The smallest absolute Gasteiger partial charge is 0.337 e. The highest BCUT2D eigenvalue weighted by Gasteiger charge is 2.43. The second kappa shape index (κ2) is 7.93. The number of ketones is 1. The van der Waals surface area contributed by atoms with E-state index in [2.05, 4.69) is 19.2 Å². The molecule has 2 aliphatic carbocycles. The summed E-state index contributed by atoms with van der Waals surface area (Å²) in [6, 6.07) is 6.80. The number of aromatic hydroxyl groups is 1. The first kappa shape index (κ1) is 20.7. The van der Waals surface area contributed by atoms with Gasteiger partial charge in [-0.25, -0.2) is 4.79 Å². The average molecular weight is 410 g/mol. The Balaban J connectivity index is 1.75. The molecule has 1 saturated carbocycles. The predicted molar refractivity (Wildman–Crippen MR) is 115 cm³/mol. The summed E-state index contributed by atoms with van der Waals surface area (Å²) in [5, 5.41) is 13.1. The molecule has 0 spiro atoms. The van der Waals surface area contributed by atoms with Gasteiger partial charge in [0.05, 0.1) is 5.57 Å². The van der Waals surface area contributed by atoms with Gasteiger partial charge < -0.3 is 15.2 Å². The SMILES string of the molecule is CC1=C(C(=O)OC2CCCCC2)[C@@H](c2ccc(O)cc2)C2=C(CC(C)(C)CC2=O)N1. The minimum Gasteiger partial charge on any atom is -0.508 e. The van der Waals surface area contributed by atoms with Gasteiger partial charge in [0, 0.05) is 29.3 Å². The third-order valence-corrected chi connectivity index (χ3v) is 6.51. The number of dihydropyridines is 1. The number of carbonyl (C=O) groups is 2. The Morgan fingerprint density at radius 3 is 2.43 bits per heavy atom. The maximum absolute atomic E-state index is 13.3. The van der Waals surface area contributed by atoms with Crippen molar-refractivity contribution >= 4 is 11.8 Å². The highest BCUT2D eigenvalue weighted by Crippen LogP contribution is 2.47. The highest BCUT2D eigenvalue weighted by molar-refractivity contribution is 6.04. The van der Waals surface area contributed by atoms with E-state index >= 15 is 0 Å². The zero-order chi connectivity index (χ0) is 21.5. The molecule has 5 heteroatoms. The quantitative estimate of drug-likeness (QED) is 0.697. The van der Waals surface area contributed by atoms with Crippen LogP contribution in [0.3, 0.4) is 0 Å². The van der Waals surface area contributed by atoms with E-state index < -0.39 is 5.92 Å². The zero-order valence-corrected chi connectivity index (χ0v) is 18.1. The van der Waals surface area contributed by atoms with Crippen molar-refractivity contribution in [1.29, 1.82) is 0 Å². The molecule has 0 aromatic heterocycles. The van der Waals surface area contributed by atoms with Gasteiger partial charge in [0.15, 0.2) is 5.78 Å². The number of nitrogens with one attached hydrogen (secondary N) is 1. The molecule has 1 fully saturated rings. The van der Waals surface area contributed by atoms with Crippen molar-refractivity contribution in [2.45, 2.75) is 77.7 Å². The topological polar surface area (TPSA) is 75.6 Å². The lowest BCUT2D eigenvalue weighted by atomic mass is 9.68. The highest BCUT2D eigenvalue weighted by atomic mass is 16.5. The molecule has 0 bridgehead atoms. The Morgan fingerprint density at radius 2 is 1.77 bits per heavy atom. The fraction of sp³-hybridized carbons (Fsp3) is 0.520. The number of allylic oxidation sites excluding steroid dienone is 3. The molecule has 5 nitrogen and oxygen atoms in total. The molecule has 1 aromatic rings. The van der Waals surface area contributed by atoms with E-state index in [9.17, 15) is 14.7 Å². The van der Waals surface area contributed by atoms with Crippen LogP contribution in [0.15, 0.2) is 46.8 Å². The van der Waals surface area contributed by atoms with Crippen LogP contribution in [0.1, 0.15) is 77.2 Å². The van der Waals surface area contributed by atoms with Gasteiger partial charge in [0.2, 0.25) is 0 Å². The zero-order valence-electron chi connectivity index (χ0n) is 18.1. The maximum Gasteiger partial charge on any atom is 0.337 e. The first-order valence-electron chi connectivity index (χ1n) is 11.0. The van der Waals surface area contributed by atoms with Gasteiger partial charge in [-0.05, 0) is 62.1 Å². The van der Waals surface area contributed by atoms with E-state index in [1.54, 1.807) is 24.3 Å². The number of benzene rings is 1. The van der Waals surface area contributed by atoms with Gasteiger partial charge in [-0.15, -0.1) is 0 Å². The lowest BCUT2D eigenvalue weighted by molar-refractivity contribution is -0.146. The minimum atomic E-state index is -0.471. The van der Waals surface area contributed by atoms with Crippen molar-refractivity contribution in [3.05, 3.63) is 52.4 Å². The molecule has 160 valence electrons. The van der Waals surface area contributed by atoms with Gasteiger partial charge in [-0.2, -0.15) is 0 Å². The molecule has 0 unspecified atom stereocenters. The van der Waals surface area contributed by atoms with Crippen molar-refractivity contribution in [3.63, 3.8) is 0 Å². The van der Waals surface area contributed by atoms with Crippen LogP contribution in [0, 0.1) is 5.41 Å². The van der Waals surface area contributed by atoms with Crippen molar-refractivity contribution in [2.75, 3.05) is 0 Å². The Morgan fingerprint density at radius 1 is 1.10 bits per heavy atom. The molecule has 0 saturated heterocycles. The first-order chi connectivity index (χ1) is 14.2. The van der Waals surface area contributed by atoms with Crippen LogP contribution >= 0.6 is 0 Å². The molecule has 1 aliphatic heterocycles. The van der Waals surface area contributed by atoms with E-state index in [4.69, 9.17) is 4.74 Å². The lowest BCUT2D eigenvalue weighted by Crippen LogP contribution is -2.39. The van der Waals surface area contributed by atoms with Crippen LogP contribution in [-0.2, 0) is 14.3 Å². The number of ether oxygens (including phenoxy) is 1. The number of carbonyl (C=O) groups excluding carboxylic acids is 2. The summed E-state index contributed by atoms with van der Waals surface area (Å²) in [4.78, 5) is 26.6. The maximum atomic E-state index is 13.3. The molecule has 2 N–H and O–H groups in total. The largest absolute Gasteiger partial charge is 0.508 e.